The zero-order chi connectivity index (χ0) is 60.4. The summed E-state index contributed by atoms with van der Waals surface area (Å²) in [4.78, 5) is 36.0. The van der Waals surface area contributed by atoms with Crippen molar-refractivity contribution in [3.05, 3.63) is 34.9 Å². The number of allylic oxidation sites excluding steroid dienone is 4. The fourth-order valence-corrected chi connectivity index (χ4v) is 16.6. The summed E-state index contributed by atoms with van der Waals surface area (Å²) in [6, 6.07) is 0. The fraction of sp³-hybridized carbons (Fsp3) is 0.847. The number of esters is 1. The van der Waals surface area contributed by atoms with Crippen molar-refractivity contribution >= 4 is 17.9 Å². The lowest BCUT2D eigenvalue weighted by Crippen LogP contribution is -2.70. The van der Waals surface area contributed by atoms with Gasteiger partial charge in [-0.05, 0) is 112 Å². The fourth-order valence-electron chi connectivity index (χ4n) is 16.6. The van der Waals surface area contributed by atoms with Gasteiger partial charge >= 0.3 is 17.9 Å². The lowest BCUT2D eigenvalue weighted by Gasteiger charge is -2.73. The van der Waals surface area contributed by atoms with Crippen molar-refractivity contribution in [1.29, 1.82) is 0 Å². The third-order valence-electron chi connectivity index (χ3n) is 21.9. The molecule has 3 saturated heterocycles. The first kappa shape index (κ1) is 65.5. The highest BCUT2D eigenvalue weighted by molar-refractivity contribution is 5.87. The van der Waals surface area contributed by atoms with Gasteiger partial charge in [-0.1, -0.05) is 79.2 Å². The van der Waals surface area contributed by atoms with Crippen LogP contribution >= 0.6 is 0 Å². The Labute approximate surface area is 475 Å². The van der Waals surface area contributed by atoms with Gasteiger partial charge in [0.25, 0.3) is 0 Å². The van der Waals surface area contributed by atoms with Crippen molar-refractivity contribution in [2.24, 2.45) is 62.1 Å². The van der Waals surface area contributed by atoms with Gasteiger partial charge < -0.3 is 94.4 Å². The molecule has 7 fully saturated rings. The van der Waals surface area contributed by atoms with Gasteiger partial charge in [-0.3, -0.25) is 0 Å². The number of hydrogen-bond acceptors (Lipinski definition) is 20. The largest absolute Gasteiger partial charge is 0.479 e. The van der Waals surface area contributed by atoms with E-state index in [2.05, 4.69) is 54.5 Å². The highest BCUT2D eigenvalue weighted by Crippen LogP contribution is 2.76. The molecule has 25 atom stereocenters. The summed E-state index contributed by atoms with van der Waals surface area (Å²) < 4.78 is 42.8. The highest BCUT2D eigenvalue weighted by Gasteiger charge is 2.72. The molecular formula is C59H94O22. The number of rotatable bonds is 14. The molecule has 0 bridgehead atoms. The number of fused-ring (bicyclic) bond motifs is 7. The molecule has 5 aliphatic carbocycles. The molecule has 0 amide bonds. The Morgan fingerprint density at radius 2 is 1.30 bits per heavy atom. The van der Waals surface area contributed by atoms with E-state index >= 15 is 0 Å². The molecule has 8 aliphatic rings. The number of hydrogen-bond donors (Lipinski definition) is 12. The maximum absolute atomic E-state index is 13.3. The second-order valence-corrected chi connectivity index (χ2v) is 26.6. The van der Waals surface area contributed by atoms with Gasteiger partial charge in [-0.15, -0.1) is 0 Å². The van der Waals surface area contributed by atoms with Crippen LogP contribution in [0.25, 0.3) is 0 Å². The summed E-state index contributed by atoms with van der Waals surface area (Å²) in [6.45, 7) is 22.0. The third-order valence-corrected chi connectivity index (χ3v) is 21.9. The Kier molecular flexibility index (Phi) is 19.7. The van der Waals surface area contributed by atoms with Crippen LogP contribution in [0.15, 0.2) is 34.9 Å². The molecule has 0 aromatic heterocycles. The van der Waals surface area contributed by atoms with E-state index in [0.29, 0.717) is 36.8 Å². The molecule has 462 valence electrons. The van der Waals surface area contributed by atoms with Crippen LogP contribution in [0.3, 0.4) is 0 Å². The van der Waals surface area contributed by atoms with E-state index < -0.39 is 164 Å². The Morgan fingerprint density at radius 3 is 1.85 bits per heavy atom. The SMILES string of the molecule is C/C=C(/C)C(=O)O.C/C=C(/C)C(=O)O[C@H]1[C@H](C)[C@@]2(CO)C(CC1(C)C)C1=CCC3[C@@]4(C)CC[C@H](O[C@@H]5OC(C(=O)O)[C@@H](O)[C@@H](CO[C@@H]6O[C@@H](CO)C(O)[C@@H]6O)C5O[C@@H]5OC(CO)[C@H](O)[C@@H](O)C5O)C(C)(C)C4CC[C@@]3(C)[C@]1(C)C[C@H]2O. The second-order valence-electron chi connectivity index (χ2n) is 26.6. The molecule has 3 aliphatic heterocycles. The first-order valence-corrected chi connectivity index (χ1v) is 28.9. The number of ether oxygens (including phenoxy) is 7. The smallest absolute Gasteiger partial charge is 0.335 e. The van der Waals surface area contributed by atoms with E-state index in [0.717, 1.165) is 19.3 Å². The van der Waals surface area contributed by atoms with Crippen LogP contribution < -0.4 is 0 Å². The van der Waals surface area contributed by atoms with Gasteiger partial charge in [0.05, 0.1) is 44.7 Å². The van der Waals surface area contributed by atoms with Crippen LogP contribution in [0.2, 0.25) is 0 Å². The summed E-state index contributed by atoms with van der Waals surface area (Å²) in [7, 11) is 0. The van der Waals surface area contributed by atoms with Crippen molar-refractivity contribution in [1.82, 2.24) is 0 Å². The Balaban J connectivity index is 0.00000127. The zero-order valence-electron chi connectivity index (χ0n) is 49.1. The second kappa shape index (κ2) is 24.4. The molecule has 8 unspecified atom stereocenters. The molecule has 0 radical (unpaired) electrons. The van der Waals surface area contributed by atoms with E-state index in [1.165, 1.54) is 5.57 Å². The Hall–Kier alpha value is -3.01. The summed E-state index contributed by atoms with van der Waals surface area (Å²) in [5, 5.41) is 128. The summed E-state index contributed by atoms with van der Waals surface area (Å²) in [6.07, 6.45) is -13.5. The van der Waals surface area contributed by atoms with Crippen molar-refractivity contribution in [3.8, 4) is 0 Å². The Bertz CT molecular complexity index is 2350. The number of carbonyl (C=O) groups is 3. The molecule has 0 spiro atoms. The lowest BCUT2D eigenvalue weighted by atomic mass is 9.32. The van der Waals surface area contributed by atoms with Gasteiger partial charge in [0.2, 0.25) is 0 Å². The zero-order valence-corrected chi connectivity index (χ0v) is 49.1. The lowest BCUT2D eigenvalue weighted by molar-refractivity contribution is -0.373. The predicted octanol–water partition coefficient (Wildman–Crippen LogP) is 2.33. The number of aliphatic hydroxyl groups excluding tert-OH is 10. The monoisotopic (exact) mass is 1150 g/mol. The van der Waals surface area contributed by atoms with E-state index in [1.807, 2.05) is 6.92 Å². The quantitative estimate of drug-likeness (QED) is 0.0514. The van der Waals surface area contributed by atoms with Crippen molar-refractivity contribution < 1.29 is 109 Å². The predicted molar refractivity (Wildman–Crippen MR) is 287 cm³/mol. The van der Waals surface area contributed by atoms with Crippen LogP contribution in [-0.2, 0) is 47.5 Å². The molecule has 8 rings (SSSR count). The first-order chi connectivity index (χ1) is 37.7. The molecule has 12 N–H and O–H groups in total. The van der Waals surface area contributed by atoms with E-state index in [4.69, 9.17) is 38.3 Å². The van der Waals surface area contributed by atoms with Crippen molar-refractivity contribution in [3.63, 3.8) is 0 Å². The van der Waals surface area contributed by atoms with Crippen molar-refractivity contribution in [2.75, 3.05) is 26.4 Å². The van der Waals surface area contributed by atoms with E-state index in [1.54, 1.807) is 39.8 Å². The van der Waals surface area contributed by atoms with E-state index in [9.17, 15) is 70.6 Å². The van der Waals surface area contributed by atoms with Crippen LogP contribution in [0.1, 0.15) is 128 Å². The standard InChI is InChI=1S/C54H86O20.C5H8O2/c1-11-24(2)45(67)74-43-25(3)54(23-57)28(18-49(43,4)5)27-12-13-32-51(8)16-15-34(50(6,7)31(51)14-17-52(32,9)53(27,10)19-33(54)58)71-48-41(72-47-40(64)38(62)36(60)29(20-55)70-47)26(35(59)42(73-48)44(65)66)22-68-46-39(63)37(61)30(21-56)69-46;1-3-4(2)5(6)7/h11-12,25-26,28-43,46-48,55-64H,13-23H2,1-10H3,(H,65,66);3H,1-2H3,(H,6,7)/b24-11-;4-3-/t25-,26+,28?,29?,30-,31?,32?,33+,34-,35-,36-,37?,38+,39-,40?,41?,42?,43-,46+,47-,48+,51-,52+,53+,54-;/m0./s1. The van der Waals surface area contributed by atoms with Gasteiger partial charge in [0.15, 0.2) is 25.0 Å². The van der Waals surface area contributed by atoms with Gasteiger partial charge in [0, 0.05) is 33.8 Å². The summed E-state index contributed by atoms with van der Waals surface area (Å²) >= 11 is 0. The molecule has 22 heteroatoms. The minimum atomic E-state index is -1.92. The summed E-state index contributed by atoms with van der Waals surface area (Å²) in [5.74, 6) is -4.57. The van der Waals surface area contributed by atoms with Gasteiger partial charge in [-0.2, -0.15) is 0 Å². The molecular weight excluding hydrogens is 1060 g/mol. The molecule has 4 saturated carbocycles. The molecule has 81 heavy (non-hydrogen) atoms. The van der Waals surface area contributed by atoms with Crippen LogP contribution in [0.5, 0.6) is 0 Å². The molecule has 22 nitrogen and oxygen atoms in total. The number of carboxylic acids is 2. The number of aliphatic hydroxyl groups is 10. The molecule has 0 aromatic rings. The van der Waals surface area contributed by atoms with Crippen LogP contribution in [-0.4, -0.2) is 204 Å². The third kappa shape index (κ3) is 11.2. The number of aliphatic carboxylic acids is 2. The average molecular weight is 1160 g/mol. The van der Waals surface area contributed by atoms with Crippen molar-refractivity contribution in [2.45, 2.75) is 226 Å². The molecule has 3 heterocycles. The van der Waals surface area contributed by atoms with Crippen LogP contribution in [0.4, 0.5) is 0 Å². The first-order valence-electron chi connectivity index (χ1n) is 28.9. The van der Waals surface area contributed by atoms with E-state index in [-0.39, 0.29) is 41.1 Å². The normalized spacial score (nSPS) is 47.5. The number of carbonyl (C=O) groups excluding carboxylic acids is 1. The number of carboxylic acid groups (broad SMARTS) is 2. The maximum Gasteiger partial charge on any atom is 0.335 e. The minimum absolute atomic E-state index is 0.0282. The van der Waals surface area contributed by atoms with Gasteiger partial charge in [0.1, 0.15) is 54.9 Å². The van der Waals surface area contributed by atoms with Crippen LogP contribution in [0, 0.1) is 62.1 Å². The minimum Gasteiger partial charge on any atom is -0.479 e. The Morgan fingerprint density at radius 1 is 0.704 bits per heavy atom. The summed E-state index contributed by atoms with van der Waals surface area (Å²) in [5.41, 5.74) is -0.951. The highest BCUT2D eigenvalue weighted by atomic mass is 16.8. The molecule has 0 aromatic carbocycles. The average Bonchev–Trinajstić information content (AvgIpc) is 3.87. The van der Waals surface area contributed by atoms with Gasteiger partial charge in [-0.25, -0.2) is 14.4 Å². The topological polar surface area (TPSA) is 359 Å². The maximum atomic E-state index is 13.3.